The quantitative estimate of drug-likeness (QED) is 0.558. The minimum absolute atomic E-state index is 0.0478. The van der Waals surface area contributed by atoms with E-state index < -0.39 is 21.3 Å². The Bertz CT molecular complexity index is 1120. The van der Waals surface area contributed by atoms with Gasteiger partial charge < -0.3 is 4.74 Å². The molecule has 32 heavy (non-hydrogen) atoms. The van der Waals surface area contributed by atoms with Crippen LogP contribution in [0.1, 0.15) is 22.7 Å². The van der Waals surface area contributed by atoms with Crippen LogP contribution in [-0.2, 0) is 28.0 Å². The Balaban J connectivity index is 1.43. The predicted octanol–water partition coefficient (Wildman–Crippen LogP) is 3.81. The minimum Gasteiger partial charge on any atom is -0.489 e. The molecule has 2 atom stereocenters. The van der Waals surface area contributed by atoms with Crippen molar-refractivity contribution < 1.29 is 22.4 Å². The first-order chi connectivity index (χ1) is 15.4. The maximum atomic E-state index is 13.1. The summed E-state index contributed by atoms with van der Waals surface area (Å²) in [7, 11) is -1.97. The fraction of sp³-hybridized carbons (Fsp3) is 0.250. The number of halogens is 1. The number of nitrogens with zero attached hydrogens (tertiary/aromatic N) is 1. The van der Waals surface area contributed by atoms with E-state index in [1.165, 1.54) is 12.1 Å². The number of nitrogens with one attached hydrogen (secondary N) is 1. The van der Waals surface area contributed by atoms with Crippen LogP contribution in [-0.4, -0.2) is 32.4 Å². The van der Waals surface area contributed by atoms with E-state index >= 15 is 0 Å². The van der Waals surface area contributed by atoms with Gasteiger partial charge in [0.15, 0.2) is 0 Å². The van der Waals surface area contributed by atoms with E-state index in [1.54, 1.807) is 24.2 Å². The maximum Gasteiger partial charge on any atom is 0.219 e. The molecule has 0 radical (unpaired) electrons. The Morgan fingerprint density at radius 2 is 1.69 bits per heavy atom. The molecule has 1 aliphatic heterocycles. The number of ether oxygens (including phenoxy) is 1. The molecule has 1 N–H and O–H groups in total. The van der Waals surface area contributed by atoms with Gasteiger partial charge in [-0.3, -0.25) is 4.84 Å². The summed E-state index contributed by atoms with van der Waals surface area (Å²) < 4.78 is 47.6. The third-order valence-electron chi connectivity index (χ3n) is 5.45. The van der Waals surface area contributed by atoms with Crippen LogP contribution in [0.5, 0.6) is 5.75 Å². The zero-order valence-electron chi connectivity index (χ0n) is 17.6. The van der Waals surface area contributed by atoms with Crippen LogP contribution in [0.4, 0.5) is 4.39 Å². The van der Waals surface area contributed by atoms with Gasteiger partial charge in [-0.05, 0) is 41.0 Å². The average Bonchev–Trinajstić information content (AvgIpc) is 3.21. The predicted molar refractivity (Wildman–Crippen MR) is 120 cm³/mol. The average molecular weight is 457 g/mol. The van der Waals surface area contributed by atoms with Gasteiger partial charge in [0.25, 0.3) is 0 Å². The van der Waals surface area contributed by atoms with E-state index in [0.717, 1.165) is 11.1 Å². The number of hydrogen-bond donors (Lipinski definition) is 1. The van der Waals surface area contributed by atoms with Gasteiger partial charge in [-0.25, -0.2) is 17.5 Å². The molecule has 168 valence electrons. The number of hydrogen-bond acceptors (Lipinski definition) is 5. The van der Waals surface area contributed by atoms with Gasteiger partial charge in [0, 0.05) is 13.6 Å². The Hall–Kier alpha value is -2.78. The lowest BCUT2D eigenvalue weighted by atomic mass is 10.0. The highest BCUT2D eigenvalue weighted by Crippen LogP contribution is 2.34. The van der Waals surface area contributed by atoms with Gasteiger partial charge >= 0.3 is 0 Å². The maximum absolute atomic E-state index is 13.1. The molecule has 3 aromatic rings. The number of benzene rings is 3. The van der Waals surface area contributed by atoms with Crippen molar-refractivity contribution in [2.75, 3.05) is 13.7 Å². The lowest BCUT2D eigenvalue weighted by Gasteiger charge is -2.23. The van der Waals surface area contributed by atoms with Gasteiger partial charge in [0.05, 0.1) is 12.6 Å². The van der Waals surface area contributed by atoms with Crippen LogP contribution in [0.2, 0.25) is 0 Å². The first-order valence-corrected chi connectivity index (χ1v) is 11.8. The van der Waals surface area contributed by atoms with Crippen LogP contribution in [0, 0.1) is 5.82 Å². The molecular weight excluding hydrogens is 431 g/mol. The molecule has 0 unspecified atom stereocenters. The molecule has 0 bridgehead atoms. The fourth-order valence-corrected chi connectivity index (χ4v) is 5.17. The summed E-state index contributed by atoms with van der Waals surface area (Å²) >= 11 is 0. The summed E-state index contributed by atoms with van der Waals surface area (Å²) in [5.74, 6) is 0.340. The topological polar surface area (TPSA) is 67.9 Å². The molecule has 0 spiro atoms. The van der Waals surface area contributed by atoms with Crippen LogP contribution >= 0.6 is 0 Å². The van der Waals surface area contributed by atoms with Crippen molar-refractivity contribution in [3.05, 3.63) is 101 Å². The van der Waals surface area contributed by atoms with Gasteiger partial charge in [-0.2, -0.15) is 5.06 Å². The van der Waals surface area contributed by atoms with E-state index in [1.807, 2.05) is 54.6 Å². The van der Waals surface area contributed by atoms with E-state index in [-0.39, 0.29) is 19.0 Å². The molecule has 6 nitrogen and oxygen atoms in total. The lowest BCUT2D eigenvalue weighted by molar-refractivity contribution is -0.110. The summed E-state index contributed by atoms with van der Waals surface area (Å²) in [5.41, 5.74) is 2.56. The minimum atomic E-state index is -3.70. The Labute approximate surface area is 187 Å². The summed E-state index contributed by atoms with van der Waals surface area (Å²) in [6.07, 6.45) is 0. The van der Waals surface area contributed by atoms with E-state index in [0.29, 0.717) is 17.9 Å². The summed E-state index contributed by atoms with van der Waals surface area (Å²) in [6.45, 7) is 0.588. The Morgan fingerprint density at radius 1 is 1.00 bits per heavy atom. The largest absolute Gasteiger partial charge is 0.489 e. The van der Waals surface area contributed by atoms with Crippen LogP contribution in [0.15, 0.2) is 78.9 Å². The second-order valence-electron chi connectivity index (χ2n) is 7.66. The third kappa shape index (κ3) is 5.34. The Morgan fingerprint density at radius 3 is 2.38 bits per heavy atom. The first-order valence-electron chi connectivity index (χ1n) is 10.3. The van der Waals surface area contributed by atoms with Gasteiger partial charge in [0.2, 0.25) is 10.0 Å². The van der Waals surface area contributed by atoms with Gasteiger partial charge in [-0.15, -0.1) is 0 Å². The lowest BCUT2D eigenvalue weighted by Crippen LogP contribution is -2.39. The second kappa shape index (κ2) is 9.79. The zero-order valence-corrected chi connectivity index (χ0v) is 18.5. The number of rotatable bonds is 8. The SMILES string of the molecule is CN1OC[C@@H](S(=O)(=O)NCc2ccc(F)cc2)[C@@H]1c1ccc(OCc2ccccc2)cc1. The monoisotopic (exact) mass is 456 g/mol. The Kier molecular flexibility index (Phi) is 6.86. The second-order valence-corrected chi connectivity index (χ2v) is 9.65. The third-order valence-corrected chi connectivity index (χ3v) is 7.18. The molecule has 1 aliphatic rings. The van der Waals surface area contributed by atoms with E-state index in [9.17, 15) is 12.8 Å². The number of sulfonamides is 1. The van der Waals surface area contributed by atoms with Crippen LogP contribution in [0.3, 0.4) is 0 Å². The van der Waals surface area contributed by atoms with Crippen LogP contribution < -0.4 is 9.46 Å². The summed E-state index contributed by atoms with van der Waals surface area (Å²) in [6, 6.07) is 22.5. The highest BCUT2D eigenvalue weighted by molar-refractivity contribution is 7.90. The molecule has 3 aromatic carbocycles. The molecule has 1 saturated heterocycles. The fourth-order valence-electron chi connectivity index (χ4n) is 3.68. The zero-order chi connectivity index (χ0) is 22.6. The molecule has 1 fully saturated rings. The van der Waals surface area contributed by atoms with Crippen molar-refractivity contribution in [2.45, 2.75) is 24.4 Å². The van der Waals surface area contributed by atoms with Crippen molar-refractivity contribution in [3.63, 3.8) is 0 Å². The molecule has 0 aromatic heterocycles. The number of hydroxylamine groups is 2. The molecule has 0 amide bonds. The summed E-state index contributed by atoms with van der Waals surface area (Å²) in [5, 5.41) is 0.783. The standard InChI is InChI=1S/C24H25FN2O4S/c1-27-24(20-9-13-22(14-10-20)30-16-19-5-3-2-4-6-19)23(17-31-27)32(28,29)26-15-18-7-11-21(25)12-8-18/h2-14,23-24,26H,15-17H2,1H3/t23-,24+/m1/s1. The van der Waals surface area contributed by atoms with Crippen molar-refractivity contribution in [2.24, 2.45) is 0 Å². The molecule has 0 saturated carbocycles. The molecular formula is C24H25FN2O4S. The van der Waals surface area contributed by atoms with Crippen LogP contribution in [0.25, 0.3) is 0 Å². The van der Waals surface area contributed by atoms with E-state index in [4.69, 9.17) is 9.57 Å². The highest BCUT2D eigenvalue weighted by atomic mass is 32.2. The van der Waals surface area contributed by atoms with Gasteiger partial charge in [-0.1, -0.05) is 54.6 Å². The smallest absolute Gasteiger partial charge is 0.219 e. The normalized spacial score (nSPS) is 19.2. The van der Waals surface area contributed by atoms with Crippen molar-refractivity contribution >= 4 is 10.0 Å². The molecule has 4 rings (SSSR count). The molecule has 0 aliphatic carbocycles. The van der Waals surface area contributed by atoms with Crippen molar-refractivity contribution in [1.82, 2.24) is 9.79 Å². The highest BCUT2D eigenvalue weighted by Gasteiger charge is 2.43. The van der Waals surface area contributed by atoms with Crippen molar-refractivity contribution in [1.29, 1.82) is 0 Å². The molecule has 8 heteroatoms. The van der Waals surface area contributed by atoms with Gasteiger partial charge in [0.1, 0.15) is 23.4 Å². The van der Waals surface area contributed by atoms with E-state index in [2.05, 4.69) is 4.72 Å². The molecule has 1 heterocycles. The summed E-state index contributed by atoms with van der Waals surface area (Å²) in [4.78, 5) is 5.56. The first kappa shape index (κ1) is 22.4. The van der Waals surface area contributed by atoms with Crippen molar-refractivity contribution in [3.8, 4) is 5.75 Å².